The molecule has 0 aliphatic heterocycles. The fourth-order valence-electron chi connectivity index (χ4n) is 5.77. The van der Waals surface area contributed by atoms with Crippen molar-refractivity contribution in [2.75, 3.05) is 0 Å². The van der Waals surface area contributed by atoms with Gasteiger partial charge in [-0.2, -0.15) is 15.4 Å². The zero-order valence-corrected chi connectivity index (χ0v) is 21.5. The second-order valence-corrected chi connectivity index (χ2v) is 9.83. The van der Waals surface area contributed by atoms with Gasteiger partial charge in [0, 0.05) is 11.5 Å². The molecule has 0 unspecified atom stereocenters. The Morgan fingerprint density at radius 1 is 0.811 bits per heavy atom. The Kier molecular flexibility index (Phi) is 6.47. The average Bonchev–Trinajstić information content (AvgIpc) is 3.63. The molecule has 0 spiro atoms. The maximum Gasteiger partial charge on any atom is 0.205 e. The first-order valence-electron chi connectivity index (χ1n) is 13.4. The molecule has 0 atom stereocenters. The predicted molar refractivity (Wildman–Crippen MR) is 144 cm³/mol. The molecular weight excluding hydrogens is 460 g/mol. The van der Waals surface area contributed by atoms with Gasteiger partial charge in [-0.15, -0.1) is 10.2 Å². The molecule has 8 nitrogen and oxygen atoms in total. The van der Waals surface area contributed by atoms with Gasteiger partial charge in [0.15, 0.2) is 0 Å². The van der Waals surface area contributed by atoms with E-state index in [0.29, 0.717) is 11.7 Å². The second-order valence-electron chi connectivity index (χ2n) is 9.83. The van der Waals surface area contributed by atoms with Crippen LogP contribution >= 0.6 is 0 Å². The van der Waals surface area contributed by atoms with Crippen LogP contribution in [-0.2, 0) is 19.4 Å². The summed E-state index contributed by atoms with van der Waals surface area (Å²) in [6.07, 6.45) is 7.87. The van der Waals surface area contributed by atoms with Gasteiger partial charge in [-0.05, 0) is 47.6 Å². The fourth-order valence-corrected chi connectivity index (χ4v) is 5.77. The van der Waals surface area contributed by atoms with Gasteiger partial charge in [0.05, 0.1) is 23.4 Å². The molecule has 0 saturated heterocycles. The summed E-state index contributed by atoms with van der Waals surface area (Å²) in [5.41, 5.74) is 8.62. The van der Waals surface area contributed by atoms with E-state index in [2.05, 4.69) is 91.7 Å². The van der Waals surface area contributed by atoms with Gasteiger partial charge in [-0.1, -0.05) is 81.6 Å². The van der Waals surface area contributed by atoms with Crippen molar-refractivity contribution in [3.05, 3.63) is 71.3 Å². The first kappa shape index (κ1) is 23.5. The van der Waals surface area contributed by atoms with E-state index < -0.39 is 0 Å². The Morgan fingerprint density at radius 3 is 2.24 bits per heavy atom. The van der Waals surface area contributed by atoms with Crippen molar-refractivity contribution in [2.24, 2.45) is 0 Å². The van der Waals surface area contributed by atoms with Gasteiger partial charge >= 0.3 is 0 Å². The number of nitrogens with zero attached hydrogens (tertiary/aromatic N) is 7. The van der Waals surface area contributed by atoms with Crippen molar-refractivity contribution < 1.29 is 0 Å². The number of aromatic amines is 1. The third-order valence-electron chi connectivity index (χ3n) is 7.62. The molecule has 3 aromatic heterocycles. The SMILES string of the molecule is CCc1nnc(CC)c2c1nc(C1CCCCC1)n2Cc1ccccc1-c1ccccc1-c1nn[nH]n1. The molecule has 0 amide bonds. The fraction of sp³-hybridized carbons (Fsp3) is 0.379. The molecule has 1 aliphatic carbocycles. The summed E-state index contributed by atoms with van der Waals surface area (Å²) in [4.78, 5) is 5.30. The summed E-state index contributed by atoms with van der Waals surface area (Å²) in [6, 6.07) is 16.9. The van der Waals surface area contributed by atoms with E-state index >= 15 is 0 Å². The van der Waals surface area contributed by atoms with Crippen molar-refractivity contribution in [3.8, 4) is 22.5 Å². The van der Waals surface area contributed by atoms with Crippen molar-refractivity contribution in [3.63, 3.8) is 0 Å². The highest BCUT2D eigenvalue weighted by molar-refractivity contribution is 5.83. The molecule has 0 bridgehead atoms. The number of aromatic nitrogens is 8. The molecule has 1 saturated carbocycles. The number of aryl methyl sites for hydroxylation is 2. The number of benzene rings is 2. The number of fused-ring (bicyclic) bond motifs is 1. The maximum atomic E-state index is 5.30. The number of imidazole rings is 1. The van der Waals surface area contributed by atoms with Gasteiger partial charge < -0.3 is 4.57 Å². The molecule has 8 heteroatoms. The van der Waals surface area contributed by atoms with Crippen molar-refractivity contribution >= 4 is 11.0 Å². The van der Waals surface area contributed by atoms with Crippen LogP contribution in [0.2, 0.25) is 0 Å². The number of tetrazole rings is 1. The van der Waals surface area contributed by atoms with E-state index in [1.165, 1.54) is 43.5 Å². The molecular formula is C29H32N8. The lowest BCUT2D eigenvalue weighted by Gasteiger charge is -2.23. The van der Waals surface area contributed by atoms with Gasteiger partial charge in [-0.25, -0.2) is 4.98 Å². The standard InChI is InChI=1S/C29H32N8/c1-3-24-26-27(25(4-2)32-31-24)37(29(30-26)19-12-6-5-7-13-19)18-20-14-8-9-15-21(20)22-16-10-11-17-23(22)28-33-35-36-34-28/h8-11,14-17,19H,3-7,12-13,18H2,1-2H3,(H,33,34,35,36). The molecule has 6 rings (SSSR count). The lowest BCUT2D eigenvalue weighted by Crippen LogP contribution is -2.14. The van der Waals surface area contributed by atoms with Crippen molar-refractivity contribution in [2.45, 2.75) is 71.3 Å². The summed E-state index contributed by atoms with van der Waals surface area (Å²) < 4.78 is 2.45. The molecule has 3 heterocycles. The van der Waals surface area contributed by atoms with Crippen LogP contribution in [0.25, 0.3) is 33.5 Å². The molecule has 188 valence electrons. The Balaban J connectivity index is 1.53. The van der Waals surface area contributed by atoms with E-state index in [4.69, 9.17) is 4.98 Å². The maximum absolute atomic E-state index is 5.30. The second kappa shape index (κ2) is 10.2. The highest BCUT2D eigenvalue weighted by atomic mass is 15.5. The first-order valence-corrected chi connectivity index (χ1v) is 13.4. The third kappa shape index (κ3) is 4.30. The minimum atomic E-state index is 0.467. The molecule has 2 aromatic carbocycles. The number of hydrogen-bond donors (Lipinski definition) is 1. The number of nitrogens with one attached hydrogen (secondary N) is 1. The van der Waals surface area contributed by atoms with Crippen LogP contribution in [0.1, 0.15) is 74.6 Å². The van der Waals surface area contributed by atoms with Crippen LogP contribution in [0.5, 0.6) is 0 Å². The molecule has 0 radical (unpaired) electrons. The Bertz CT molecular complexity index is 1510. The lowest BCUT2D eigenvalue weighted by molar-refractivity contribution is 0.420. The van der Waals surface area contributed by atoms with Gasteiger partial charge in [0.2, 0.25) is 5.82 Å². The first-order chi connectivity index (χ1) is 18.3. The highest BCUT2D eigenvalue weighted by Crippen LogP contribution is 2.37. The van der Waals surface area contributed by atoms with Gasteiger partial charge in [-0.3, -0.25) is 0 Å². The van der Waals surface area contributed by atoms with Crippen LogP contribution in [0.15, 0.2) is 48.5 Å². The monoisotopic (exact) mass is 492 g/mol. The van der Waals surface area contributed by atoms with Crippen LogP contribution in [0.3, 0.4) is 0 Å². The number of rotatable bonds is 7. The minimum Gasteiger partial charge on any atom is -0.322 e. The van der Waals surface area contributed by atoms with Crippen molar-refractivity contribution in [1.82, 2.24) is 40.4 Å². The van der Waals surface area contributed by atoms with E-state index in [0.717, 1.165) is 58.5 Å². The van der Waals surface area contributed by atoms with Crippen LogP contribution < -0.4 is 0 Å². The summed E-state index contributed by atoms with van der Waals surface area (Å²) in [7, 11) is 0. The lowest BCUT2D eigenvalue weighted by atomic mass is 9.88. The summed E-state index contributed by atoms with van der Waals surface area (Å²) in [6.45, 7) is 5.02. The average molecular weight is 493 g/mol. The molecule has 1 aliphatic rings. The summed E-state index contributed by atoms with van der Waals surface area (Å²) in [5, 5.41) is 24.1. The quantitative estimate of drug-likeness (QED) is 0.304. The number of hydrogen-bond acceptors (Lipinski definition) is 6. The predicted octanol–water partition coefficient (Wildman–Crippen LogP) is 5.89. The van der Waals surface area contributed by atoms with Crippen LogP contribution in [0, 0.1) is 0 Å². The van der Waals surface area contributed by atoms with E-state index in [1.807, 2.05) is 6.07 Å². The zero-order valence-electron chi connectivity index (χ0n) is 21.5. The van der Waals surface area contributed by atoms with Crippen LogP contribution in [-0.4, -0.2) is 40.4 Å². The zero-order chi connectivity index (χ0) is 25.2. The number of H-pyrrole nitrogens is 1. The highest BCUT2D eigenvalue weighted by Gasteiger charge is 2.26. The van der Waals surface area contributed by atoms with Gasteiger partial charge in [0.1, 0.15) is 11.3 Å². The van der Waals surface area contributed by atoms with Crippen molar-refractivity contribution in [1.29, 1.82) is 0 Å². The Hall–Kier alpha value is -3.94. The Morgan fingerprint density at radius 2 is 1.51 bits per heavy atom. The van der Waals surface area contributed by atoms with E-state index in [1.54, 1.807) is 0 Å². The third-order valence-corrected chi connectivity index (χ3v) is 7.62. The molecule has 5 aromatic rings. The summed E-state index contributed by atoms with van der Waals surface area (Å²) >= 11 is 0. The van der Waals surface area contributed by atoms with E-state index in [-0.39, 0.29) is 0 Å². The topological polar surface area (TPSA) is 98.1 Å². The van der Waals surface area contributed by atoms with E-state index in [9.17, 15) is 0 Å². The van der Waals surface area contributed by atoms with Gasteiger partial charge in [0.25, 0.3) is 0 Å². The minimum absolute atomic E-state index is 0.467. The normalized spacial score (nSPS) is 14.4. The Labute approximate surface area is 216 Å². The summed E-state index contributed by atoms with van der Waals surface area (Å²) in [5.74, 6) is 2.25. The molecule has 37 heavy (non-hydrogen) atoms. The smallest absolute Gasteiger partial charge is 0.205 e. The van der Waals surface area contributed by atoms with Crippen LogP contribution in [0.4, 0.5) is 0 Å². The molecule has 1 N–H and O–H groups in total. The largest absolute Gasteiger partial charge is 0.322 e. The molecule has 1 fully saturated rings.